The maximum atomic E-state index is 8.81. The molecule has 132 valence electrons. The topological polar surface area (TPSA) is 78.9 Å². The lowest BCUT2D eigenvalue weighted by atomic mass is 10.1. The molecular formula is C20H16N6S. The minimum atomic E-state index is 0.413. The van der Waals surface area contributed by atoms with Crippen molar-refractivity contribution in [3.63, 3.8) is 0 Å². The molecule has 1 N–H and O–H groups in total. The Morgan fingerprint density at radius 1 is 1.15 bits per heavy atom. The van der Waals surface area contributed by atoms with Crippen LogP contribution in [0.5, 0.6) is 0 Å². The van der Waals surface area contributed by atoms with Gasteiger partial charge in [-0.25, -0.2) is 4.98 Å². The summed E-state index contributed by atoms with van der Waals surface area (Å²) in [5.41, 5.74) is 6.68. The second-order valence-corrected chi connectivity index (χ2v) is 6.86. The van der Waals surface area contributed by atoms with Crippen molar-refractivity contribution in [1.29, 1.82) is 5.26 Å². The van der Waals surface area contributed by atoms with Crippen molar-refractivity contribution in [2.24, 2.45) is 5.10 Å². The summed E-state index contributed by atoms with van der Waals surface area (Å²) < 4.78 is 2.90. The van der Waals surface area contributed by atoms with Gasteiger partial charge in [0, 0.05) is 17.3 Å². The van der Waals surface area contributed by atoms with Crippen LogP contribution in [0.15, 0.2) is 65.9 Å². The van der Waals surface area contributed by atoms with E-state index in [9.17, 15) is 0 Å². The van der Waals surface area contributed by atoms with Crippen molar-refractivity contribution in [3.8, 4) is 17.3 Å². The molecule has 0 aliphatic heterocycles. The van der Waals surface area contributed by atoms with Crippen LogP contribution in [0.1, 0.15) is 12.0 Å². The van der Waals surface area contributed by atoms with Crippen LogP contribution in [0.3, 0.4) is 0 Å². The van der Waals surface area contributed by atoms with Crippen molar-refractivity contribution in [3.05, 3.63) is 66.4 Å². The molecule has 2 aromatic heterocycles. The highest BCUT2D eigenvalue weighted by Gasteiger charge is 2.10. The Bertz CT molecular complexity index is 1090. The third kappa shape index (κ3) is 3.86. The van der Waals surface area contributed by atoms with Crippen LogP contribution in [-0.4, -0.2) is 21.0 Å². The summed E-state index contributed by atoms with van der Waals surface area (Å²) in [6.07, 6.45) is 4.06. The van der Waals surface area contributed by atoms with Crippen molar-refractivity contribution in [1.82, 2.24) is 14.8 Å². The van der Waals surface area contributed by atoms with E-state index in [1.54, 1.807) is 22.2 Å². The number of hydrogen-bond donors (Lipinski definition) is 1. The number of para-hydroxylation sites is 1. The van der Waals surface area contributed by atoms with Gasteiger partial charge in [-0.05, 0) is 12.1 Å². The van der Waals surface area contributed by atoms with Gasteiger partial charge in [-0.1, -0.05) is 53.8 Å². The number of aromatic nitrogens is 3. The minimum absolute atomic E-state index is 0.413. The van der Waals surface area contributed by atoms with Crippen LogP contribution in [0.2, 0.25) is 0 Å². The molecule has 0 spiro atoms. The Labute approximate surface area is 160 Å². The molecule has 2 aromatic carbocycles. The molecule has 7 heteroatoms. The van der Waals surface area contributed by atoms with Gasteiger partial charge < -0.3 is 0 Å². The van der Waals surface area contributed by atoms with E-state index in [0.29, 0.717) is 13.0 Å². The summed E-state index contributed by atoms with van der Waals surface area (Å²) in [5, 5.41) is 18.5. The van der Waals surface area contributed by atoms with Crippen LogP contribution in [0, 0.1) is 11.3 Å². The Morgan fingerprint density at radius 3 is 2.78 bits per heavy atom. The number of nitriles is 1. The van der Waals surface area contributed by atoms with Gasteiger partial charge in [0.05, 0.1) is 35.5 Å². The number of benzene rings is 2. The molecule has 0 bridgehead atoms. The van der Waals surface area contributed by atoms with Gasteiger partial charge in [-0.15, -0.1) is 0 Å². The van der Waals surface area contributed by atoms with Crippen molar-refractivity contribution < 1.29 is 0 Å². The number of nitrogens with zero attached hydrogens (tertiary/aromatic N) is 5. The third-order valence-electron chi connectivity index (χ3n) is 3.95. The van der Waals surface area contributed by atoms with Crippen molar-refractivity contribution >= 4 is 32.9 Å². The van der Waals surface area contributed by atoms with Crippen molar-refractivity contribution in [2.75, 3.05) is 5.43 Å². The Kier molecular flexibility index (Phi) is 4.90. The molecule has 0 aliphatic rings. The van der Waals surface area contributed by atoms with E-state index >= 15 is 0 Å². The van der Waals surface area contributed by atoms with E-state index < -0.39 is 0 Å². The maximum Gasteiger partial charge on any atom is 0.204 e. The largest absolute Gasteiger partial charge is 0.270 e. The first-order chi connectivity index (χ1) is 13.3. The van der Waals surface area contributed by atoms with Crippen LogP contribution in [-0.2, 0) is 6.54 Å². The molecule has 0 amide bonds. The monoisotopic (exact) mass is 372 g/mol. The molecule has 0 saturated carbocycles. The molecule has 4 rings (SSSR count). The quantitative estimate of drug-likeness (QED) is 0.399. The van der Waals surface area contributed by atoms with Gasteiger partial charge in [-0.3, -0.25) is 10.1 Å². The SMILES string of the molecule is N#CCCn1cc(/C=N\Nc2nc3ccccc3s2)c(-c2ccccc2)n1. The lowest BCUT2D eigenvalue weighted by molar-refractivity contribution is 0.629. The molecule has 0 unspecified atom stereocenters. The van der Waals surface area contributed by atoms with E-state index in [-0.39, 0.29) is 0 Å². The van der Waals surface area contributed by atoms with Crippen molar-refractivity contribution in [2.45, 2.75) is 13.0 Å². The average Bonchev–Trinajstić information content (AvgIpc) is 3.30. The zero-order valence-corrected chi connectivity index (χ0v) is 15.2. The zero-order chi connectivity index (χ0) is 18.5. The summed E-state index contributed by atoms with van der Waals surface area (Å²) in [6.45, 7) is 0.551. The van der Waals surface area contributed by atoms with E-state index in [1.807, 2.05) is 60.8 Å². The number of nitrogens with one attached hydrogen (secondary N) is 1. The first-order valence-electron chi connectivity index (χ1n) is 8.48. The van der Waals surface area contributed by atoms with Gasteiger partial charge in [0.15, 0.2) is 0 Å². The molecule has 2 heterocycles. The second kappa shape index (κ2) is 7.81. The highest BCUT2D eigenvalue weighted by molar-refractivity contribution is 7.22. The van der Waals surface area contributed by atoms with E-state index in [2.05, 4.69) is 26.7 Å². The number of aryl methyl sites for hydroxylation is 1. The van der Waals surface area contributed by atoms with Crippen LogP contribution in [0.4, 0.5) is 5.13 Å². The molecule has 0 fully saturated rings. The number of hydrazone groups is 1. The predicted molar refractivity (Wildman–Crippen MR) is 109 cm³/mol. The second-order valence-electron chi connectivity index (χ2n) is 5.83. The van der Waals surface area contributed by atoms with Gasteiger partial charge in [0.2, 0.25) is 5.13 Å². The van der Waals surface area contributed by atoms with E-state index in [0.717, 1.165) is 32.2 Å². The highest BCUT2D eigenvalue weighted by Crippen LogP contribution is 2.25. The molecule has 0 aliphatic carbocycles. The summed E-state index contributed by atoms with van der Waals surface area (Å²) in [6, 6.07) is 20.1. The molecule has 0 saturated heterocycles. The molecular weight excluding hydrogens is 356 g/mol. The van der Waals surface area contributed by atoms with Gasteiger partial charge in [0.25, 0.3) is 0 Å². The van der Waals surface area contributed by atoms with Gasteiger partial charge >= 0.3 is 0 Å². The van der Waals surface area contributed by atoms with Gasteiger partial charge in [-0.2, -0.15) is 15.5 Å². The fourth-order valence-corrected chi connectivity index (χ4v) is 3.52. The van der Waals surface area contributed by atoms with E-state index in [1.165, 1.54) is 0 Å². The Hall–Kier alpha value is -3.50. The molecule has 0 radical (unpaired) electrons. The lowest BCUT2D eigenvalue weighted by Gasteiger charge is -1.98. The number of rotatable bonds is 6. The molecule has 4 aromatic rings. The molecule has 0 atom stereocenters. The normalized spacial score (nSPS) is 11.1. The van der Waals surface area contributed by atoms with E-state index in [4.69, 9.17) is 5.26 Å². The van der Waals surface area contributed by atoms with Crippen LogP contribution >= 0.6 is 11.3 Å². The van der Waals surface area contributed by atoms with Crippen LogP contribution in [0.25, 0.3) is 21.5 Å². The molecule has 27 heavy (non-hydrogen) atoms. The number of hydrogen-bond acceptors (Lipinski definition) is 6. The zero-order valence-electron chi connectivity index (χ0n) is 14.4. The third-order valence-corrected chi connectivity index (χ3v) is 4.89. The standard InChI is InChI=1S/C20H16N6S/c21-11-6-12-26-14-16(19(25-26)15-7-2-1-3-8-15)13-22-24-20-23-17-9-4-5-10-18(17)27-20/h1-5,7-10,13-14H,6,12H2,(H,23,24)/b22-13-. The fraction of sp³-hybridized carbons (Fsp3) is 0.100. The highest BCUT2D eigenvalue weighted by atomic mass is 32.1. The summed E-state index contributed by atoms with van der Waals surface area (Å²) in [7, 11) is 0. The Balaban J connectivity index is 1.58. The first-order valence-corrected chi connectivity index (χ1v) is 9.29. The summed E-state index contributed by atoms with van der Waals surface area (Å²) >= 11 is 1.56. The first kappa shape index (κ1) is 16.9. The average molecular weight is 372 g/mol. The summed E-state index contributed by atoms with van der Waals surface area (Å²) in [4.78, 5) is 4.51. The minimum Gasteiger partial charge on any atom is -0.270 e. The molecule has 6 nitrogen and oxygen atoms in total. The van der Waals surface area contributed by atoms with Crippen LogP contribution < -0.4 is 5.43 Å². The Morgan fingerprint density at radius 2 is 1.96 bits per heavy atom. The fourth-order valence-electron chi connectivity index (χ4n) is 2.71. The predicted octanol–water partition coefficient (Wildman–Crippen LogP) is 4.52. The number of fused-ring (bicyclic) bond motifs is 1. The van der Waals surface area contributed by atoms with Gasteiger partial charge in [0.1, 0.15) is 5.69 Å². The smallest absolute Gasteiger partial charge is 0.204 e. The summed E-state index contributed by atoms with van der Waals surface area (Å²) in [5.74, 6) is 0. The number of anilines is 1. The lowest BCUT2D eigenvalue weighted by Crippen LogP contribution is -1.97. The maximum absolute atomic E-state index is 8.81. The number of thiazole rings is 1.